The SMILES string of the molecule is N/N=C1\CCCc2c1[nH]c1ccc(Cl)cc21. The molecule has 82 valence electrons. The highest BCUT2D eigenvalue weighted by Gasteiger charge is 2.20. The van der Waals surface area contributed by atoms with Crippen molar-refractivity contribution in [2.24, 2.45) is 10.9 Å². The average molecular weight is 234 g/mol. The molecule has 16 heavy (non-hydrogen) atoms. The molecular formula is C12H12ClN3. The Bertz CT molecular complexity index is 583. The highest BCUT2D eigenvalue weighted by Crippen LogP contribution is 2.30. The van der Waals surface area contributed by atoms with Gasteiger partial charge >= 0.3 is 0 Å². The molecule has 3 nitrogen and oxygen atoms in total. The lowest BCUT2D eigenvalue weighted by Crippen LogP contribution is -2.12. The van der Waals surface area contributed by atoms with E-state index in [1.54, 1.807) is 0 Å². The number of hydrogen-bond donors (Lipinski definition) is 2. The van der Waals surface area contributed by atoms with Crippen molar-refractivity contribution in [1.29, 1.82) is 0 Å². The van der Waals surface area contributed by atoms with E-state index in [-0.39, 0.29) is 0 Å². The van der Waals surface area contributed by atoms with Gasteiger partial charge in [-0.3, -0.25) is 0 Å². The molecular weight excluding hydrogens is 222 g/mol. The number of nitrogens with two attached hydrogens (primary N) is 1. The Hall–Kier alpha value is -1.48. The minimum Gasteiger partial charge on any atom is -0.353 e. The van der Waals surface area contributed by atoms with E-state index in [4.69, 9.17) is 17.4 Å². The summed E-state index contributed by atoms with van der Waals surface area (Å²) in [5.41, 5.74) is 4.46. The predicted molar refractivity (Wildman–Crippen MR) is 67.0 cm³/mol. The van der Waals surface area contributed by atoms with Gasteiger partial charge in [-0.2, -0.15) is 5.10 Å². The van der Waals surface area contributed by atoms with Crippen molar-refractivity contribution < 1.29 is 0 Å². The van der Waals surface area contributed by atoms with E-state index in [0.717, 1.165) is 41.2 Å². The molecule has 3 rings (SSSR count). The van der Waals surface area contributed by atoms with Crippen LogP contribution in [0.5, 0.6) is 0 Å². The third-order valence-electron chi connectivity index (χ3n) is 3.15. The summed E-state index contributed by atoms with van der Waals surface area (Å²) in [7, 11) is 0. The fraction of sp³-hybridized carbons (Fsp3) is 0.250. The van der Waals surface area contributed by atoms with E-state index in [9.17, 15) is 0 Å². The van der Waals surface area contributed by atoms with Crippen molar-refractivity contribution in [3.63, 3.8) is 0 Å². The summed E-state index contributed by atoms with van der Waals surface area (Å²) < 4.78 is 0. The molecule has 3 N–H and O–H groups in total. The lowest BCUT2D eigenvalue weighted by molar-refractivity contribution is 0.837. The van der Waals surface area contributed by atoms with Gasteiger partial charge in [0.1, 0.15) is 0 Å². The molecule has 1 aliphatic rings. The number of aromatic amines is 1. The number of aromatic nitrogens is 1. The second-order valence-corrected chi connectivity index (χ2v) is 4.53. The van der Waals surface area contributed by atoms with E-state index in [1.807, 2.05) is 18.2 Å². The average Bonchev–Trinajstić information content (AvgIpc) is 2.67. The van der Waals surface area contributed by atoms with Crippen LogP contribution in [0.25, 0.3) is 10.9 Å². The van der Waals surface area contributed by atoms with Crippen LogP contribution in [0.4, 0.5) is 0 Å². The number of benzene rings is 1. The first-order valence-corrected chi connectivity index (χ1v) is 5.74. The van der Waals surface area contributed by atoms with Gasteiger partial charge in [0.15, 0.2) is 0 Å². The van der Waals surface area contributed by atoms with E-state index in [2.05, 4.69) is 10.1 Å². The Morgan fingerprint density at radius 1 is 1.31 bits per heavy atom. The second-order valence-electron chi connectivity index (χ2n) is 4.10. The zero-order valence-corrected chi connectivity index (χ0v) is 9.51. The lowest BCUT2D eigenvalue weighted by Gasteiger charge is -2.12. The second kappa shape index (κ2) is 3.52. The molecule has 0 atom stereocenters. The Labute approximate surface area is 98.3 Å². The van der Waals surface area contributed by atoms with E-state index >= 15 is 0 Å². The van der Waals surface area contributed by atoms with Gasteiger partial charge < -0.3 is 10.8 Å². The van der Waals surface area contributed by atoms with Crippen molar-refractivity contribution >= 4 is 28.2 Å². The van der Waals surface area contributed by atoms with Crippen LogP contribution in [0.3, 0.4) is 0 Å². The first-order valence-electron chi connectivity index (χ1n) is 5.37. The topological polar surface area (TPSA) is 54.2 Å². The first-order chi connectivity index (χ1) is 7.79. The summed E-state index contributed by atoms with van der Waals surface area (Å²) in [6.07, 6.45) is 3.11. The summed E-state index contributed by atoms with van der Waals surface area (Å²) in [5, 5.41) is 5.83. The number of hydrazone groups is 1. The van der Waals surface area contributed by atoms with Gasteiger partial charge in [0.25, 0.3) is 0 Å². The Kier molecular flexibility index (Phi) is 2.14. The summed E-state index contributed by atoms with van der Waals surface area (Å²) in [4.78, 5) is 3.37. The quantitative estimate of drug-likeness (QED) is 0.534. The zero-order valence-electron chi connectivity index (χ0n) is 8.76. The molecule has 0 fully saturated rings. The van der Waals surface area contributed by atoms with Crippen LogP contribution in [-0.4, -0.2) is 10.7 Å². The molecule has 1 heterocycles. The monoisotopic (exact) mass is 233 g/mol. The van der Waals surface area contributed by atoms with Crippen molar-refractivity contribution in [3.05, 3.63) is 34.5 Å². The van der Waals surface area contributed by atoms with Crippen LogP contribution >= 0.6 is 11.6 Å². The maximum atomic E-state index is 6.02. The number of fused-ring (bicyclic) bond motifs is 3. The standard InChI is InChI=1S/C12H12ClN3/c13-7-4-5-10-9(6-7)8-2-1-3-11(16-14)12(8)15-10/h4-6,15H,1-3,14H2/b16-11+. The van der Waals surface area contributed by atoms with Crippen molar-refractivity contribution in [3.8, 4) is 0 Å². The van der Waals surface area contributed by atoms with Crippen LogP contribution in [-0.2, 0) is 6.42 Å². The Balaban J connectivity index is 2.33. The molecule has 1 aliphatic carbocycles. The van der Waals surface area contributed by atoms with Gasteiger partial charge in [-0.1, -0.05) is 11.6 Å². The number of halogens is 1. The molecule has 2 aromatic rings. The fourth-order valence-electron chi connectivity index (χ4n) is 2.41. The number of aryl methyl sites for hydroxylation is 1. The number of nitrogens with one attached hydrogen (secondary N) is 1. The first kappa shape index (κ1) is 9.73. The van der Waals surface area contributed by atoms with Gasteiger partial charge in [-0.15, -0.1) is 0 Å². The number of hydrogen-bond acceptors (Lipinski definition) is 2. The third-order valence-corrected chi connectivity index (χ3v) is 3.39. The van der Waals surface area contributed by atoms with E-state index in [0.29, 0.717) is 0 Å². The summed E-state index contributed by atoms with van der Waals surface area (Å²) in [5.74, 6) is 5.41. The normalized spacial score (nSPS) is 17.9. The van der Waals surface area contributed by atoms with Gasteiger partial charge in [0.05, 0.1) is 11.4 Å². The number of rotatable bonds is 0. The highest BCUT2D eigenvalue weighted by atomic mass is 35.5. The highest BCUT2D eigenvalue weighted by molar-refractivity contribution is 6.31. The van der Waals surface area contributed by atoms with Crippen molar-refractivity contribution in [2.75, 3.05) is 0 Å². The maximum absolute atomic E-state index is 6.02. The van der Waals surface area contributed by atoms with Crippen molar-refractivity contribution in [1.82, 2.24) is 4.98 Å². The van der Waals surface area contributed by atoms with Crippen LogP contribution < -0.4 is 5.84 Å². The summed E-state index contributed by atoms with van der Waals surface area (Å²) in [6, 6.07) is 5.90. The van der Waals surface area contributed by atoms with E-state index in [1.165, 1.54) is 10.9 Å². The third kappa shape index (κ3) is 1.32. The van der Waals surface area contributed by atoms with Crippen LogP contribution in [0, 0.1) is 0 Å². The van der Waals surface area contributed by atoms with Crippen LogP contribution in [0.2, 0.25) is 5.02 Å². The van der Waals surface area contributed by atoms with Crippen molar-refractivity contribution in [2.45, 2.75) is 19.3 Å². The minimum atomic E-state index is 0.770. The number of nitrogens with zero attached hydrogens (tertiary/aromatic N) is 1. The molecule has 0 amide bonds. The molecule has 0 radical (unpaired) electrons. The molecule has 0 aliphatic heterocycles. The van der Waals surface area contributed by atoms with Crippen LogP contribution in [0.1, 0.15) is 24.1 Å². The maximum Gasteiger partial charge on any atom is 0.0837 e. The molecule has 0 saturated carbocycles. The van der Waals surface area contributed by atoms with E-state index < -0.39 is 0 Å². The van der Waals surface area contributed by atoms with Gasteiger partial charge in [-0.25, -0.2) is 0 Å². The molecule has 4 heteroatoms. The van der Waals surface area contributed by atoms with Gasteiger partial charge in [-0.05, 0) is 43.0 Å². The lowest BCUT2D eigenvalue weighted by atomic mass is 9.94. The Morgan fingerprint density at radius 2 is 2.19 bits per heavy atom. The summed E-state index contributed by atoms with van der Waals surface area (Å²) in [6.45, 7) is 0. The predicted octanol–water partition coefficient (Wildman–Crippen LogP) is 2.82. The molecule has 0 spiro atoms. The number of H-pyrrole nitrogens is 1. The fourth-order valence-corrected chi connectivity index (χ4v) is 2.58. The van der Waals surface area contributed by atoms with Gasteiger partial charge in [0, 0.05) is 15.9 Å². The molecule has 0 saturated heterocycles. The minimum absolute atomic E-state index is 0.770. The zero-order chi connectivity index (χ0) is 11.1. The smallest absolute Gasteiger partial charge is 0.0837 e. The summed E-state index contributed by atoms with van der Waals surface area (Å²) >= 11 is 6.02. The van der Waals surface area contributed by atoms with Crippen LogP contribution in [0.15, 0.2) is 23.3 Å². The largest absolute Gasteiger partial charge is 0.353 e. The molecule has 0 bridgehead atoms. The molecule has 1 aromatic heterocycles. The molecule has 0 unspecified atom stereocenters. The molecule has 1 aromatic carbocycles. The Morgan fingerprint density at radius 3 is 3.00 bits per heavy atom. The van der Waals surface area contributed by atoms with Gasteiger partial charge in [0.2, 0.25) is 0 Å².